The van der Waals surface area contributed by atoms with Crippen molar-refractivity contribution in [2.45, 2.75) is 6.54 Å². The summed E-state index contributed by atoms with van der Waals surface area (Å²) in [6.45, 7) is 0.546. The predicted molar refractivity (Wildman–Crippen MR) is 120 cm³/mol. The summed E-state index contributed by atoms with van der Waals surface area (Å²) in [6.07, 6.45) is 1.74. The van der Waals surface area contributed by atoms with Gasteiger partial charge in [0.1, 0.15) is 0 Å². The fourth-order valence-electron chi connectivity index (χ4n) is 3.51. The van der Waals surface area contributed by atoms with E-state index in [1.165, 1.54) is 0 Å². The molecule has 0 aliphatic rings. The molecule has 0 saturated heterocycles. The van der Waals surface area contributed by atoms with E-state index in [1.54, 1.807) is 6.20 Å². The second-order valence-corrected chi connectivity index (χ2v) is 7.45. The molecule has 0 radical (unpaired) electrons. The van der Waals surface area contributed by atoms with Gasteiger partial charge in [-0.25, -0.2) is 0 Å². The fraction of sp³-hybridized carbons (Fsp3) is 0.0417. The molecule has 5 rings (SSSR count). The van der Waals surface area contributed by atoms with E-state index in [1.807, 2.05) is 83.5 Å². The topological polar surface area (TPSA) is 59.8 Å². The molecule has 0 aliphatic carbocycles. The van der Waals surface area contributed by atoms with Crippen LogP contribution in [0, 0.1) is 0 Å². The molecule has 5 aromatic rings. The number of pyridine rings is 1. The van der Waals surface area contributed by atoms with Gasteiger partial charge in [0.05, 0.1) is 17.6 Å². The fourth-order valence-corrected chi connectivity index (χ4v) is 3.64. The zero-order valence-corrected chi connectivity index (χ0v) is 16.7. The number of carbonyl (C=O) groups excluding carboxylic acids is 1. The summed E-state index contributed by atoms with van der Waals surface area (Å²) in [5.41, 5.74) is 3.86. The summed E-state index contributed by atoms with van der Waals surface area (Å²) >= 11 is 5.99. The van der Waals surface area contributed by atoms with Crippen molar-refractivity contribution in [3.8, 4) is 0 Å². The third-order valence-corrected chi connectivity index (χ3v) is 5.23. The highest BCUT2D eigenvalue weighted by Crippen LogP contribution is 2.22. The Hall–Kier alpha value is -3.70. The molecule has 0 unspecified atom stereocenters. The van der Waals surface area contributed by atoms with Crippen LogP contribution < -0.4 is 5.32 Å². The molecule has 6 heteroatoms. The monoisotopic (exact) mass is 412 g/mol. The van der Waals surface area contributed by atoms with E-state index in [2.05, 4.69) is 15.4 Å². The van der Waals surface area contributed by atoms with E-state index in [9.17, 15) is 4.79 Å². The molecular formula is C24H17ClN4O. The number of anilines is 1. The van der Waals surface area contributed by atoms with Crippen molar-refractivity contribution >= 4 is 45.0 Å². The van der Waals surface area contributed by atoms with Crippen LogP contribution in [-0.4, -0.2) is 20.7 Å². The summed E-state index contributed by atoms with van der Waals surface area (Å²) < 4.78 is 1.84. The molecule has 30 heavy (non-hydrogen) atoms. The molecule has 0 fully saturated rings. The standard InChI is InChI=1S/C24H17ClN4O/c25-18-10-7-16(8-11-18)15-29-22-6-2-1-5-20(22)23(28-29)24(30)27-19-12-9-17-4-3-13-26-21(17)14-19/h1-14H,15H2,(H,27,30). The van der Waals surface area contributed by atoms with Gasteiger partial charge in [-0.15, -0.1) is 0 Å². The van der Waals surface area contributed by atoms with Gasteiger partial charge >= 0.3 is 0 Å². The van der Waals surface area contributed by atoms with E-state index in [0.29, 0.717) is 22.9 Å². The Morgan fingerprint density at radius 3 is 2.67 bits per heavy atom. The van der Waals surface area contributed by atoms with Crippen LogP contribution in [0.5, 0.6) is 0 Å². The largest absolute Gasteiger partial charge is 0.320 e. The maximum Gasteiger partial charge on any atom is 0.276 e. The summed E-state index contributed by atoms with van der Waals surface area (Å²) in [6, 6.07) is 24.9. The lowest BCUT2D eigenvalue weighted by molar-refractivity contribution is 0.102. The number of benzene rings is 3. The van der Waals surface area contributed by atoms with Crippen molar-refractivity contribution in [2.75, 3.05) is 5.32 Å². The van der Waals surface area contributed by atoms with Crippen molar-refractivity contribution in [1.82, 2.24) is 14.8 Å². The van der Waals surface area contributed by atoms with Crippen LogP contribution in [-0.2, 0) is 6.54 Å². The quantitative estimate of drug-likeness (QED) is 0.421. The van der Waals surface area contributed by atoms with E-state index in [0.717, 1.165) is 27.4 Å². The summed E-state index contributed by atoms with van der Waals surface area (Å²) in [4.78, 5) is 17.4. The number of rotatable bonds is 4. The number of aromatic nitrogens is 3. The third-order valence-electron chi connectivity index (χ3n) is 4.98. The third kappa shape index (κ3) is 3.51. The van der Waals surface area contributed by atoms with Crippen molar-refractivity contribution in [3.05, 3.63) is 101 Å². The molecule has 0 spiro atoms. The van der Waals surface area contributed by atoms with Gasteiger partial charge in [0.25, 0.3) is 5.91 Å². The second-order valence-electron chi connectivity index (χ2n) is 7.01. The SMILES string of the molecule is O=C(Nc1ccc2cccnc2c1)c1nn(Cc2ccc(Cl)cc2)c2ccccc12. The minimum absolute atomic E-state index is 0.253. The van der Waals surface area contributed by atoms with E-state index < -0.39 is 0 Å². The van der Waals surface area contributed by atoms with Gasteiger partial charge in [-0.3, -0.25) is 14.5 Å². The summed E-state index contributed by atoms with van der Waals surface area (Å²) in [5.74, 6) is -0.253. The molecule has 5 nitrogen and oxygen atoms in total. The van der Waals surface area contributed by atoms with Crippen molar-refractivity contribution in [3.63, 3.8) is 0 Å². The van der Waals surface area contributed by atoms with Gasteiger partial charge in [0, 0.05) is 27.7 Å². The highest BCUT2D eigenvalue weighted by molar-refractivity contribution is 6.30. The van der Waals surface area contributed by atoms with Crippen LogP contribution in [0.1, 0.15) is 16.1 Å². The Labute approximate surface area is 177 Å². The minimum Gasteiger partial charge on any atom is -0.320 e. The molecule has 2 heterocycles. The molecular weight excluding hydrogens is 396 g/mol. The molecule has 1 N–H and O–H groups in total. The van der Waals surface area contributed by atoms with E-state index in [4.69, 9.17) is 11.6 Å². The van der Waals surface area contributed by atoms with Crippen molar-refractivity contribution in [1.29, 1.82) is 0 Å². The Morgan fingerprint density at radius 1 is 0.967 bits per heavy atom. The first-order chi connectivity index (χ1) is 14.7. The van der Waals surface area contributed by atoms with E-state index in [-0.39, 0.29) is 5.91 Å². The smallest absolute Gasteiger partial charge is 0.276 e. The maximum atomic E-state index is 13.0. The lowest BCUT2D eigenvalue weighted by Gasteiger charge is -2.05. The Bertz CT molecular complexity index is 1380. The Morgan fingerprint density at radius 2 is 1.80 bits per heavy atom. The van der Waals surface area contributed by atoms with Crippen LogP contribution in [0.4, 0.5) is 5.69 Å². The second kappa shape index (κ2) is 7.61. The van der Waals surface area contributed by atoms with Crippen LogP contribution >= 0.6 is 11.6 Å². The number of halogens is 1. The Balaban J connectivity index is 1.48. The van der Waals surface area contributed by atoms with Gasteiger partial charge in [-0.1, -0.05) is 54.1 Å². The highest BCUT2D eigenvalue weighted by Gasteiger charge is 2.17. The van der Waals surface area contributed by atoms with Gasteiger partial charge in [-0.05, 0) is 42.0 Å². The summed E-state index contributed by atoms with van der Waals surface area (Å²) in [5, 5.41) is 10.1. The molecule has 0 atom stereocenters. The first-order valence-corrected chi connectivity index (χ1v) is 9.91. The number of amides is 1. The minimum atomic E-state index is -0.253. The lowest BCUT2D eigenvalue weighted by atomic mass is 10.1. The number of hydrogen-bond donors (Lipinski definition) is 1. The van der Waals surface area contributed by atoms with Crippen molar-refractivity contribution < 1.29 is 4.79 Å². The van der Waals surface area contributed by atoms with Crippen LogP contribution in [0.2, 0.25) is 5.02 Å². The van der Waals surface area contributed by atoms with Gasteiger partial charge < -0.3 is 5.32 Å². The maximum absolute atomic E-state index is 13.0. The number of nitrogens with one attached hydrogen (secondary N) is 1. The molecule has 0 bridgehead atoms. The van der Waals surface area contributed by atoms with Gasteiger partial charge in [0.15, 0.2) is 5.69 Å². The zero-order valence-electron chi connectivity index (χ0n) is 15.9. The predicted octanol–water partition coefficient (Wildman–Crippen LogP) is 5.54. The van der Waals surface area contributed by atoms with Crippen LogP contribution in [0.25, 0.3) is 21.8 Å². The average molecular weight is 413 g/mol. The van der Waals surface area contributed by atoms with E-state index >= 15 is 0 Å². The summed E-state index contributed by atoms with van der Waals surface area (Å²) in [7, 11) is 0. The first kappa shape index (κ1) is 18.3. The Kier molecular flexibility index (Phi) is 4.65. The zero-order chi connectivity index (χ0) is 20.5. The average Bonchev–Trinajstić information content (AvgIpc) is 3.14. The lowest BCUT2D eigenvalue weighted by Crippen LogP contribution is -2.14. The molecule has 0 aliphatic heterocycles. The van der Waals surface area contributed by atoms with Crippen LogP contribution in [0.15, 0.2) is 85.1 Å². The number of para-hydroxylation sites is 1. The first-order valence-electron chi connectivity index (χ1n) is 9.53. The van der Waals surface area contributed by atoms with Crippen molar-refractivity contribution in [2.24, 2.45) is 0 Å². The molecule has 1 amide bonds. The molecule has 146 valence electrons. The van der Waals surface area contributed by atoms with Gasteiger partial charge in [0.2, 0.25) is 0 Å². The molecule has 0 saturated carbocycles. The van der Waals surface area contributed by atoms with Crippen LogP contribution in [0.3, 0.4) is 0 Å². The molecule has 2 aromatic heterocycles. The number of carbonyl (C=O) groups is 1. The molecule has 3 aromatic carbocycles. The van der Waals surface area contributed by atoms with Gasteiger partial charge in [-0.2, -0.15) is 5.10 Å². The highest BCUT2D eigenvalue weighted by atomic mass is 35.5. The normalized spacial score (nSPS) is 11.1. The number of nitrogens with zero attached hydrogens (tertiary/aromatic N) is 3. The number of fused-ring (bicyclic) bond motifs is 2. The number of hydrogen-bond acceptors (Lipinski definition) is 3.